The van der Waals surface area contributed by atoms with Crippen LogP contribution in [0.2, 0.25) is 0 Å². The summed E-state index contributed by atoms with van der Waals surface area (Å²) in [5.74, 6) is 0.105. The zero-order valence-electron chi connectivity index (χ0n) is 13.6. The molecule has 0 radical (unpaired) electrons. The Morgan fingerprint density at radius 2 is 2.28 bits per heavy atom. The van der Waals surface area contributed by atoms with Crippen molar-refractivity contribution in [3.63, 3.8) is 0 Å². The zero-order chi connectivity index (χ0) is 18.4. The number of nitrogens with one attached hydrogen (secondary N) is 1. The SMILES string of the molecule is N#C[C@@H]1CCCN1C(=O)[C@@H](N)CCCNc1ccc(C(F)(F)F)cn1. The lowest BCUT2D eigenvalue weighted by atomic mass is 10.1. The fourth-order valence-corrected chi connectivity index (χ4v) is 2.71. The van der Waals surface area contributed by atoms with Crippen LogP contribution in [-0.2, 0) is 11.0 Å². The highest BCUT2D eigenvalue weighted by molar-refractivity contribution is 5.82. The molecule has 1 amide bonds. The first-order chi connectivity index (χ1) is 11.8. The number of alkyl halides is 3. The number of nitrogens with two attached hydrogens (primary N) is 1. The van der Waals surface area contributed by atoms with Crippen LogP contribution in [0.3, 0.4) is 0 Å². The Balaban J connectivity index is 1.73. The first-order valence-electron chi connectivity index (χ1n) is 8.05. The normalized spacial score (nSPS) is 18.7. The molecule has 1 saturated heterocycles. The number of carbonyl (C=O) groups excluding carboxylic acids is 1. The Bertz CT molecular complexity index is 626. The molecular weight excluding hydrogens is 335 g/mol. The largest absolute Gasteiger partial charge is 0.417 e. The third-order valence-corrected chi connectivity index (χ3v) is 4.09. The summed E-state index contributed by atoms with van der Waals surface area (Å²) in [5, 5.41) is 11.9. The molecule has 3 N–H and O–H groups in total. The lowest BCUT2D eigenvalue weighted by Crippen LogP contribution is -2.45. The molecule has 6 nitrogen and oxygen atoms in total. The van der Waals surface area contributed by atoms with E-state index < -0.39 is 23.8 Å². The number of nitriles is 1. The maximum Gasteiger partial charge on any atom is 0.417 e. The average Bonchev–Trinajstić information content (AvgIpc) is 3.06. The fraction of sp³-hybridized carbons (Fsp3) is 0.562. The van der Waals surface area contributed by atoms with Crippen molar-refractivity contribution in [2.24, 2.45) is 5.73 Å². The summed E-state index contributed by atoms with van der Waals surface area (Å²) in [6, 6.07) is 3.24. The van der Waals surface area contributed by atoms with E-state index >= 15 is 0 Å². The van der Waals surface area contributed by atoms with Gasteiger partial charge in [0.2, 0.25) is 5.91 Å². The van der Waals surface area contributed by atoms with Crippen molar-refractivity contribution < 1.29 is 18.0 Å². The maximum absolute atomic E-state index is 12.4. The van der Waals surface area contributed by atoms with Crippen LogP contribution < -0.4 is 11.1 Å². The average molecular weight is 355 g/mol. The van der Waals surface area contributed by atoms with E-state index in [1.54, 1.807) is 0 Å². The number of nitrogens with zero attached hydrogens (tertiary/aromatic N) is 3. The van der Waals surface area contributed by atoms with Gasteiger partial charge in [-0.2, -0.15) is 18.4 Å². The molecular formula is C16H20F3N5O. The number of hydrogen-bond donors (Lipinski definition) is 2. The second-order valence-corrected chi connectivity index (χ2v) is 5.92. The van der Waals surface area contributed by atoms with Crippen molar-refractivity contribution in [2.45, 2.75) is 43.9 Å². The summed E-state index contributed by atoms with van der Waals surface area (Å²) in [4.78, 5) is 17.5. The molecule has 0 unspecified atom stereocenters. The molecule has 0 spiro atoms. The Morgan fingerprint density at radius 3 is 2.88 bits per heavy atom. The number of hydrogen-bond acceptors (Lipinski definition) is 5. The van der Waals surface area contributed by atoms with E-state index in [1.165, 1.54) is 11.0 Å². The minimum atomic E-state index is -4.41. The Kier molecular flexibility index (Phi) is 6.20. The molecule has 1 aromatic heterocycles. The Hall–Kier alpha value is -2.34. The molecule has 25 heavy (non-hydrogen) atoms. The highest BCUT2D eigenvalue weighted by Crippen LogP contribution is 2.28. The molecule has 2 rings (SSSR count). The van der Waals surface area contributed by atoms with Gasteiger partial charge in [-0.3, -0.25) is 4.79 Å². The van der Waals surface area contributed by atoms with Crippen LogP contribution in [0.15, 0.2) is 18.3 Å². The fourth-order valence-electron chi connectivity index (χ4n) is 2.71. The van der Waals surface area contributed by atoms with Crippen LogP contribution in [0.25, 0.3) is 0 Å². The topological polar surface area (TPSA) is 95.0 Å². The molecule has 0 aliphatic carbocycles. The quantitative estimate of drug-likeness (QED) is 0.762. The third kappa shape index (κ3) is 5.06. The van der Waals surface area contributed by atoms with Gasteiger partial charge < -0.3 is 16.0 Å². The number of rotatable bonds is 6. The number of likely N-dealkylation sites (tertiary alicyclic amines) is 1. The number of aromatic nitrogens is 1. The minimum Gasteiger partial charge on any atom is -0.370 e. The molecule has 136 valence electrons. The van der Waals surface area contributed by atoms with Gasteiger partial charge in [-0.15, -0.1) is 0 Å². The second-order valence-electron chi connectivity index (χ2n) is 5.92. The molecule has 1 fully saturated rings. The van der Waals surface area contributed by atoms with Crippen molar-refractivity contribution in [2.75, 3.05) is 18.4 Å². The van der Waals surface area contributed by atoms with E-state index in [0.29, 0.717) is 38.2 Å². The van der Waals surface area contributed by atoms with E-state index in [2.05, 4.69) is 16.4 Å². The van der Waals surface area contributed by atoms with Crippen LogP contribution in [-0.4, -0.2) is 41.0 Å². The van der Waals surface area contributed by atoms with Crippen LogP contribution in [0.4, 0.5) is 19.0 Å². The van der Waals surface area contributed by atoms with E-state index in [4.69, 9.17) is 11.0 Å². The highest BCUT2D eigenvalue weighted by Gasteiger charge is 2.31. The maximum atomic E-state index is 12.4. The third-order valence-electron chi connectivity index (χ3n) is 4.09. The van der Waals surface area contributed by atoms with E-state index in [1.807, 2.05) is 0 Å². The number of halogens is 3. The van der Waals surface area contributed by atoms with Gasteiger partial charge in [-0.25, -0.2) is 4.98 Å². The molecule has 2 heterocycles. The van der Waals surface area contributed by atoms with Gasteiger partial charge in [0.1, 0.15) is 11.9 Å². The lowest BCUT2D eigenvalue weighted by Gasteiger charge is -2.23. The van der Waals surface area contributed by atoms with Gasteiger partial charge in [-0.05, 0) is 37.8 Å². The monoisotopic (exact) mass is 355 g/mol. The smallest absolute Gasteiger partial charge is 0.370 e. The van der Waals surface area contributed by atoms with E-state index in [-0.39, 0.29) is 5.91 Å². The highest BCUT2D eigenvalue weighted by atomic mass is 19.4. The molecule has 2 atom stereocenters. The van der Waals surface area contributed by atoms with Gasteiger partial charge in [-0.1, -0.05) is 0 Å². The first kappa shape index (κ1) is 19.0. The summed E-state index contributed by atoms with van der Waals surface area (Å²) in [5.41, 5.74) is 5.09. The van der Waals surface area contributed by atoms with E-state index in [0.717, 1.165) is 18.7 Å². The summed E-state index contributed by atoms with van der Waals surface area (Å²) >= 11 is 0. The predicted octanol–water partition coefficient (Wildman–Crippen LogP) is 2.13. The number of anilines is 1. The van der Waals surface area contributed by atoms with Gasteiger partial charge in [0, 0.05) is 19.3 Å². The molecule has 1 aromatic rings. The molecule has 0 bridgehead atoms. The van der Waals surface area contributed by atoms with Crippen LogP contribution in [0.5, 0.6) is 0 Å². The lowest BCUT2D eigenvalue weighted by molar-refractivity contribution is -0.137. The number of pyridine rings is 1. The standard InChI is InChI=1S/C16H20F3N5O/c17-16(18,19)11-5-6-14(23-10-11)22-7-1-4-13(21)15(25)24-8-2-3-12(24)9-20/h5-6,10,12-13H,1-4,7-8,21H2,(H,22,23)/t12-,13-/m0/s1. The molecule has 9 heteroatoms. The number of amides is 1. The van der Waals surface area contributed by atoms with Crippen molar-refractivity contribution >= 4 is 11.7 Å². The summed E-state index contributed by atoms with van der Waals surface area (Å²) in [6.07, 6.45) is -1.18. The van der Waals surface area contributed by atoms with Crippen LogP contribution in [0, 0.1) is 11.3 Å². The van der Waals surface area contributed by atoms with Gasteiger partial charge in [0.25, 0.3) is 0 Å². The summed E-state index contributed by atoms with van der Waals surface area (Å²) in [7, 11) is 0. The van der Waals surface area contributed by atoms with Crippen molar-refractivity contribution in [3.05, 3.63) is 23.9 Å². The van der Waals surface area contributed by atoms with Crippen LogP contribution in [0.1, 0.15) is 31.2 Å². The van der Waals surface area contributed by atoms with Gasteiger partial charge in [0.05, 0.1) is 17.7 Å². The molecule has 0 saturated carbocycles. The Morgan fingerprint density at radius 1 is 1.52 bits per heavy atom. The molecule has 1 aliphatic rings. The molecule has 0 aromatic carbocycles. The molecule has 1 aliphatic heterocycles. The summed E-state index contributed by atoms with van der Waals surface area (Å²) in [6.45, 7) is 0.986. The first-order valence-corrected chi connectivity index (χ1v) is 8.05. The van der Waals surface area contributed by atoms with Crippen molar-refractivity contribution in [1.29, 1.82) is 5.26 Å². The zero-order valence-corrected chi connectivity index (χ0v) is 13.6. The van der Waals surface area contributed by atoms with Gasteiger partial charge >= 0.3 is 6.18 Å². The van der Waals surface area contributed by atoms with Crippen molar-refractivity contribution in [3.8, 4) is 6.07 Å². The van der Waals surface area contributed by atoms with Gasteiger partial charge in [0.15, 0.2) is 0 Å². The van der Waals surface area contributed by atoms with E-state index in [9.17, 15) is 18.0 Å². The predicted molar refractivity (Wildman–Crippen MR) is 85.3 cm³/mol. The Labute approximate surface area is 143 Å². The number of carbonyl (C=O) groups is 1. The minimum absolute atomic E-state index is 0.225. The van der Waals surface area contributed by atoms with Crippen LogP contribution >= 0.6 is 0 Å². The second kappa shape index (κ2) is 8.16. The summed E-state index contributed by atoms with van der Waals surface area (Å²) < 4.78 is 37.3. The van der Waals surface area contributed by atoms with Crippen molar-refractivity contribution in [1.82, 2.24) is 9.88 Å².